The minimum atomic E-state index is -0.153. The van der Waals surface area contributed by atoms with Gasteiger partial charge in [-0.05, 0) is 30.5 Å². The van der Waals surface area contributed by atoms with E-state index < -0.39 is 0 Å². The molecule has 0 aliphatic rings. The quantitative estimate of drug-likeness (QED) is 0.849. The number of benzene rings is 1. The zero-order valence-electron chi connectivity index (χ0n) is 10.1. The van der Waals surface area contributed by atoms with Crippen LogP contribution in [0.2, 0.25) is 5.02 Å². The molecule has 1 atom stereocenters. The topological polar surface area (TPSA) is 49.3 Å². The van der Waals surface area contributed by atoms with Crippen molar-refractivity contribution in [2.75, 3.05) is 6.61 Å². The first-order valence-corrected chi connectivity index (χ1v) is 6.09. The summed E-state index contributed by atoms with van der Waals surface area (Å²) in [5, 5.41) is 12.4. The Morgan fingerprint density at radius 3 is 2.71 bits per heavy atom. The fraction of sp³-hybridized carbons (Fsp3) is 0.462. The minimum Gasteiger partial charge on any atom is -0.396 e. The second-order valence-electron chi connectivity index (χ2n) is 4.35. The van der Waals surface area contributed by atoms with E-state index in [0.717, 1.165) is 0 Å². The van der Waals surface area contributed by atoms with E-state index in [9.17, 15) is 4.79 Å². The fourth-order valence-electron chi connectivity index (χ4n) is 1.59. The lowest BCUT2D eigenvalue weighted by Gasteiger charge is -2.21. The minimum absolute atomic E-state index is 0.0218. The second kappa shape index (κ2) is 6.62. The average Bonchev–Trinajstić information content (AvgIpc) is 2.28. The Morgan fingerprint density at radius 1 is 1.47 bits per heavy atom. The number of nitrogens with one attached hydrogen (secondary N) is 1. The van der Waals surface area contributed by atoms with Crippen LogP contribution in [0.1, 0.15) is 30.6 Å². The van der Waals surface area contributed by atoms with Crippen molar-refractivity contribution in [1.82, 2.24) is 5.32 Å². The maximum Gasteiger partial charge on any atom is 0.251 e. The monoisotopic (exact) mass is 255 g/mol. The standard InChI is InChI=1S/C13H18ClNO2/c1-9(2)12(6-7-16)15-13(17)10-4-3-5-11(14)8-10/h3-5,8-9,12,16H,6-7H2,1-2H3,(H,15,17). The molecule has 0 bridgehead atoms. The van der Waals surface area contributed by atoms with Gasteiger partial charge in [0.1, 0.15) is 0 Å². The van der Waals surface area contributed by atoms with Crippen molar-refractivity contribution >= 4 is 17.5 Å². The second-order valence-corrected chi connectivity index (χ2v) is 4.78. The molecule has 1 rings (SSSR count). The van der Waals surface area contributed by atoms with Crippen molar-refractivity contribution in [2.24, 2.45) is 5.92 Å². The lowest BCUT2D eigenvalue weighted by atomic mass is 10.0. The van der Waals surface area contributed by atoms with Gasteiger partial charge in [0, 0.05) is 23.2 Å². The van der Waals surface area contributed by atoms with E-state index in [2.05, 4.69) is 5.32 Å². The molecule has 0 spiro atoms. The smallest absolute Gasteiger partial charge is 0.251 e. The summed E-state index contributed by atoms with van der Waals surface area (Å²) in [6.07, 6.45) is 0.559. The molecule has 0 aliphatic carbocycles. The third-order valence-corrected chi connectivity index (χ3v) is 2.88. The van der Waals surface area contributed by atoms with Gasteiger partial charge in [0.25, 0.3) is 5.91 Å². The third-order valence-electron chi connectivity index (χ3n) is 2.65. The predicted molar refractivity (Wildman–Crippen MR) is 69.2 cm³/mol. The van der Waals surface area contributed by atoms with Gasteiger partial charge >= 0.3 is 0 Å². The number of halogens is 1. The summed E-state index contributed by atoms with van der Waals surface area (Å²) in [6.45, 7) is 4.09. The SMILES string of the molecule is CC(C)C(CCO)NC(=O)c1cccc(Cl)c1. The molecule has 17 heavy (non-hydrogen) atoms. The van der Waals surface area contributed by atoms with Gasteiger partial charge in [-0.1, -0.05) is 31.5 Å². The van der Waals surface area contributed by atoms with Crippen LogP contribution >= 0.6 is 11.6 Å². The van der Waals surface area contributed by atoms with Crippen molar-refractivity contribution in [3.63, 3.8) is 0 Å². The highest BCUT2D eigenvalue weighted by Gasteiger charge is 2.16. The Balaban J connectivity index is 2.70. The number of carbonyl (C=O) groups is 1. The molecule has 2 N–H and O–H groups in total. The van der Waals surface area contributed by atoms with E-state index >= 15 is 0 Å². The van der Waals surface area contributed by atoms with Crippen molar-refractivity contribution < 1.29 is 9.90 Å². The first kappa shape index (κ1) is 14.0. The molecule has 94 valence electrons. The summed E-state index contributed by atoms with van der Waals surface area (Å²) >= 11 is 5.83. The van der Waals surface area contributed by atoms with E-state index in [1.165, 1.54) is 0 Å². The van der Waals surface area contributed by atoms with E-state index in [4.69, 9.17) is 16.7 Å². The van der Waals surface area contributed by atoms with Gasteiger partial charge in [0.2, 0.25) is 0 Å². The van der Waals surface area contributed by atoms with Crippen LogP contribution < -0.4 is 5.32 Å². The number of amides is 1. The summed E-state index contributed by atoms with van der Waals surface area (Å²) in [4.78, 5) is 11.9. The largest absolute Gasteiger partial charge is 0.396 e. The highest BCUT2D eigenvalue weighted by atomic mass is 35.5. The average molecular weight is 256 g/mol. The number of rotatable bonds is 5. The van der Waals surface area contributed by atoms with Crippen molar-refractivity contribution in [3.05, 3.63) is 34.9 Å². The number of hydrogen-bond acceptors (Lipinski definition) is 2. The molecule has 0 heterocycles. The molecular weight excluding hydrogens is 238 g/mol. The first-order chi connectivity index (χ1) is 8.04. The van der Waals surface area contributed by atoms with Gasteiger partial charge in [-0.3, -0.25) is 4.79 Å². The molecule has 0 aliphatic heterocycles. The van der Waals surface area contributed by atoms with Crippen LogP contribution in [0.25, 0.3) is 0 Å². The first-order valence-electron chi connectivity index (χ1n) is 5.72. The molecule has 0 saturated carbocycles. The molecule has 1 amide bonds. The highest BCUT2D eigenvalue weighted by molar-refractivity contribution is 6.30. The lowest BCUT2D eigenvalue weighted by molar-refractivity contribution is 0.0916. The maximum absolute atomic E-state index is 11.9. The van der Waals surface area contributed by atoms with E-state index in [1.807, 2.05) is 13.8 Å². The van der Waals surface area contributed by atoms with E-state index in [-0.39, 0.29) is 24.5 Å². The van der Waals surface area contributed by atoms with Crippen molar-refractivity contribution in [3.8, 4) is 0 Å². The number of aliphatic hydroxyl groups excluding tert-OH is 1. The molecule has 1 aromatic rings. The summed E-state index contributed by atoms with van der Waals surface area (Å²) in [5.41, 5.74) is 0.543. The number of hydrogen-bond donors (Lipinski definition) is 2. The molecule has 0 saturated heterocycles. The molecule has 0 fully saturated rings. The Bertz CT molecular complexity index is 379. The summed E-state index contributed by atoms with van der Waals surface area (Å²) in [6, 6.07) is 6.80. The fourth-order valence-corrected chi connectivity index (χ4v) is 1.78. The van der Waals surface area contributed by atoms with Gasteiger partial charge in [-0.15, -0.1) is 0 Å². The molecular formula is C13H18ClNO2. The van der Waals surface area contributed by atoms with Crippen LogP contribution in [0.4, 0.5) is 0 Å². The summed E-state index contributed by atoms with van der Waals surface area (Å²) in [5.74, 6) is 0.130. The summed E-state index contributed by atoms with van der Waals surface area (Å²) < 4.78 is 0. The number of aliphatic hydroxyl groups is 1. The van der Waals surface area contributed by atoms with E-state index in [1.54, 1.807) is 24.3 Å². The van der Waals surface area contributed by atoms with Gasteiger partial charge in [0.15, 0.2) is 0 Å². The Kier molecular flexibility index (Phi) is 5.45. The van der Waals surface area contributed by atoms with Crippen LogP contribution in [-0.2, 0) is 0 Å². The van der Waals surface area contributed by atoms with Gasteiger partial charge in [-0.25, -0.2) is 0 Å². The lowest BCUT2D eigenvalue weighted by Crippen LogP contribution is -2.39. The van der Waals surface area contributed by atoms with Crippen LogP contribution in [0.15, 0.2) is 24.3 Å². The molecule has 1 unspecified atom stereocenters. The molecule has 0 radical (unpaired) electrons. The molecule has 0 aromatic heterocycles. The summed E-state index contributed by atoms with van der Waals surface area (Å²) in [7, 11) is 0. The van der Waals surface area contributed by atoms with Gasteiger partial charge < -0.3 is 10.4 Å². The zero-order valence-corrected chi connectivity index (χ0v) is 10.9. The van der Waals surface area contributed by atoms with E-state index in [0.29, 0.717) is 17.0 Å². The van der Waals surface area contributed by atoms with Crippen LogP contribution in [-0.4, -0.2) is 23.7 Å². The van der Waals surface area contributed by atoms with Gasteiger partial charge in [0.05, 0.1) is 0 Å². The normalized spacial score (nSPS) is 12.5. The highest BCUT2D eigenvalue weighted by Crippen LogP contribution is 2.12. The van der Waals surface area contributed by atoms with Crippen molar-refractivity contribution in [2.45, 2.75) is 26.3 Å². The Morgan fingerprint density at radius 2 is 2.18 bits per heavy atom. The Labute approximate surface area is 107 Å². The molecule has 1 aromatic carbocycles. The molecule has 3 nitrogen and oxygen atoms in total. The van der Waals surface area contributed by atoms with Crippen LogP contribution in [0, 0.1) is 5.92 Å². The molecule has 4 heteroatoms. The third kappa shape index (κ3) is 4.36. The van der Waals surface area contributed by atoms with Crippen LogP contribution in [0.3, 0.4) is 0 Å². The number of carbonyl (C=O) groups excluding carboxylic acids is 1. The van der Waals surface area contributed by atoms with Crippen molar-refractivity contribution in [1.29, 1.82) is 0 Å². The Hall–Kier alpha value is -1.06. The van der Waals surface area contributed by atoms with Gasteiger partial charge in [-0.2, -0.15) is 0 Å². The zero-order chi connectivity index (χ0) is 12.8. The van der Waals surface area contributed by atoms with Crippen LogP contribution in [0.5, 0.6) is 0 Å². The predicted octanol–water partition coefficient (Wildman–Crippen LogP) is 2.48. The maximum atomic E-state index is 11.9.